The van der Waals surface area contributed by atoms with E-state index in [1.54, 1.807) is 7.11 Å². The number of hydrogen-bond acceptors (Lipinski definition) is 4. The molecule has 0 aliphatic heterocycles. The third kappa shape index (κ3) is 7.43. The van der Waals surface area contributed by atoms with E-state index in [0.29, 0.717) is 18.8 Å². The van der Waals surface area contributed by atoms with Crippen LogP contribution in [0.3, 0.4) is 0 Å². The average Bonchev–Trinajstić information content (AvgIpc) is 2.28. The van der Waals surface area contributed by atoms with Crippen molar-refractivity contribution < 1.29 is 19.0 Å². The van der Waals surface area contributed by atoms with Gasteiger partial charge in [-0.05, 0) is 13.3 Å². The van der Waals surface area contributed by atoms with E-state index in [-0.39, 0.29) is 18.7 Å². The van der Waals surface area contributed by atoms with Crippen molar-refractivity contribution in [2.45, 2.75) is 32.8 Å². The van der Waals surface area contributed by atoms with E-state index in [4.69, 9.17) is 14.2 Å². The van der Waals surface area contributed by atoms with Crippen LogP contribution in [-0.2, 0) is 19.0 Å². The van der Waals surface area contributed by atoms with E-state index in [1.807, 2.05) is 13.8 Å². The fourth-order valence-corrected chi connectivity index (χ4v) is 0.886. The van der Waals surface area contributed by atoms with Gasteiger partial charge >= 0.3 is 5.97 Å². The molecule has 0 aromatic rings. The maximum atomic E-state index is 11.3. The van der Waals surface area contributed by atoms with Gasteiger partial charge in [0.15, 0.2) is 0 Å². The minimum Gasteiger partial charge on any atom is -0.462 e. The monoisotopic (exact) mass is 230 g/mol. The molecule has 0 bridgehead atoms. The molecule has 4 heteroatoms. The lowest BCUT2D eigenvalue weighted by Gasteiger charge is -2.11. The summed E-state index contributed by atoms with van der Waals surface area (Å²) in [6.07, 6.45) is 1.89. The Morgan fingerprint density at radius 1 is 1.44 bits per heavy atom. The predicted octanol–water partition coefficient (Wildman–Crippen LogP) is 1.94. The molecule has 4 nitrogen and oxygen atoms in total. The maximum Gasteiger partial charge on any atom is 0.335 e. The lowest BCUT2D eigenvalue weighted by molar-refractivity contribution is -0.139. The molecule has 0 rings (SSSR count). The van der Waals surface area contributed by atoms with Gasteiger partial charge in [-0.1, -0.05) is 19.9 Å². The quantitative estimate of drug-likeness (QED) is 0.345. The number of methoxy groups -OCH3 is 1. The van der Waals surface area contributed by atoms with E-state index < -0.39 is 0 Å². The fraction of sp³-hybridized carbons (Fsp3) is 0.750. The van der Waals surface area contributed by atoms with Crippen molar-refractivity contribution >= 4 is 5.97 Å². The third-order valence-corrected chi connectivity index (χ3v) is 2.05. The van der Waals surface area contributed by atoms with Crippen molar-refractivity contribution in [3.8, 4) is 0 Å². The van der Waals surface area contributed by atoms with Gasteiger partial charge in [-0.2, -0.15) is 0 Å². The number of unbranched alkanes of at least 4 members (excludes halogenated alkanes) is 1. The maximum absolute atomic E-state index is 11.3. The molecular weight excluding hydrogens is 208 g/mol. The first-order chi connectivity index (χ1) is 7.61. The van der Waals surface area contributed by atoms with Crippen molar-refractivity contribution in [1.29, 1.82) is 0 Å². The summed E-state index contributed by atoms with van der Waals surface area (Å²) in [5.41, 5.74) is 0.347. The first-order valence-electron chi connectivity index (χ1n) is 5.57. The number of carbonyl (C=O) groups is 1. The van der Waals surface area contributed by atoms with E-state index in [1.165, 1.54) is 0 Å². The number of esters is 1. The van der Waals surface area contributed by atoms with Gasteiger partial charge in [0.25, 0.3) is 0 Å². The fourth-order valence-electron chi connectivity index (χ4n) is 0.886. The topological polar surface area (TPSA) is 44.8 Å². The van der Waals surface area contributed by atoms with Crippen LogP contribution in [0.25, 0.3) is 0 Å². The molecule has 0 spiro atoms. The zero-order chi connectivity index (χ0) is 12.4. The summed E-state index contributed by atoms with van der Waals surface area (Å²) in [6, 6.07) is 0. The summed E-state index contributed by atoms with van der Waals surface area (Å²) in [5.74, 6) is -0.376. The van der Waals surface area contributed by atoms with Crippen LogP contribution in [0.2, 0.25) is 0 Å². The van der Waals surface area contributed by atoms with Crippen LogP contribution in [0.4, 0.5) is 0 Å². The normalized spacial score (nSPS) is 12.2. The molecule has 0 saturated heterocycles. The van der Waals surface area contributed by atoms with Gasteiger partial charge < -0.3 is 14.2 Å². The molecule has 94 valence electrons. The molecule has 0 saturated carbocycles. The Kier molecular flexibility index (Phi) is 8.85. The minimum atomic E-state index is -0.376. The van der Waals surface area contributed by atoms with Gasteiger partial charge in [-0.15, -0.1) is 0 Å². The molecule has 0 N–H and O–H groups in total. The second-order valence-corrected chi connectivity index (χ2v) is 3.65. The van der Waals surface area contributed by atoms with Crippen molar-refractivity contribution in [3.05, 3.63) is 12.2 Å². The lowest BCUT2D eigenvalue weighted by atomic mass is 10.3. The number of hydrogen-bond donors (Lipinski definition) is 0. The molecule has 0 amide bonds. The van der Waals surface area contributed by atoms with Crippen LogP contribution in [0.15, 0.2) is 12.2 Å². The zero-order valence-corrected chi connectivity index (χ0v) is 10.5. The molecule has 0 aromatic carbocycles. The second-order valence-electron chi connectivity index (χ2n) is 3.65. The van der Waals surface area contributed by atoms with Crippen molar-refractivity contribution in [2.75, 3.05) is 26.9 Å². The molecule has 0 fully saturated rings. The van der Waals surface area contributed by atoms with Gasteiger partial charge in [0.1, 0.15) is 0 Å². The molecule has 1 unspecified atom stereocenters. The highest BCUT2D eigenvalue weighted by molar-refractivity contribution is 5.87. The Hall–Kier alpha value is -0.870. The van der Waals surface area contributed by atoms with E-state index in [2.05, 4.69) is 6.58 Å². The molecule has 0 radical (unpaired) electrons. The summed E-state index contributed by atoms with van der Waals surface area (Å²) >= 11 is 0. The molecule has 16 heavy (non-hydrogen) atoms. The van der Waals surface area contributed by atoms with Crippen molar-refractivity contribution in [2.24, 2.45) is 0 Å². The highest BCUT2D eigenvalue weighted by Gasteiger charge is 2.09. The van der Waals surface area contributed by atoms with Gasteiger partial charge in [0.2, 0.25) is 0 Å². The predicted molar refractivity (Wildman–Crippen MR) is 62.3 cm³/mol. The SMILES string of the molecule is C=C(COCC(C)OC)C(=O)OCCCC. The van der Waals surface area contributed by atoms with E-state index in [0.717, 1.165) is 12.8 Å². The molecule has 1 atom stereocenters. The summed E-state index contributed by atoms with van der Waals surface area (Å²) < 4.78 is 15.2. The largest absolute Gasteiger partial charge is 0.462 e. The minimum absolute atomic E-state index is 0.0175. The summed E-state index contributed by atoms with van der Waals surface area (Å²) in [4.78, 5) is 11.3. The van der Waals surface area contributed by atoms with Crippen LogP contribution in [0, 0.1) is 0 Å². The summed E-state index contributed by atoms with van der Waals surface area (Å²) in [7, 11) is 1.61. The Balaban J connectivity index is 3.59. The molecule has 0 aliphatic rings. The van der Waals surface area contributed by atoms with Gasteiger partial charge in [-0.25, -0.2) is 4.79 Å². The van der Waals surface area contributed by atoms with Crippen LogP contribution >= 0.6 is 0 Å². The molecule has 0 aromatic heterocycles. The van der Waals surface area contributed by atoms with Crippen LogP contribution < -0.4 is 0 Å². The van der Waals surface area contributed by atoms with Gasteiger partial charge in [0, 0.05) is 7.11 Å². The molecule has 0 aliphatic carbocycles. The first kappa shape index (κ1) is 15.1. The number of ether oxygens (including phenoxy) is 3. The standard InChI is InChI=1S/C12H22O4/c1-5-6-7-16-12(13)10(2)8-15-9-11(3)14-4/h11H,2,5-9H2,1,3-4H3. The first-order valence-corrected chi connectivity index (χ1v) is 5.57. The van der Waals surface area contributed by atoms with Crippen molar-refractivity contribution in [3.63, 3.8) is 0 Å². The highest BCUT2D eigenvalue weighted by atomic mass is 16.5. The highest BCUT2D eigenvalue weighted by Crippen LogP contribution is 1.99. The van der Waals surface area contributed by atoms with Crippen LogP contribution in [-0.4, -0.2) is 39.0 Å². The molecule has 0 heterocycles. The summed E-state index contributed by atoms with van der Waals surface area (Å²) in [5, 5.41) is 0. The van der Waals surface area contributed by atoms with Crippen LogP contribution in [0.1, 0.15) is 26.7 Å². The Morgan fingerprint density at radius 2 is 2.12 bits per heavy atom. The zero-order valence-electron chi connectivity index (χ0n) is 10.5. The Labute approximate surface area is 97.6 Å². The van der Waals surface area contributed by atoms with Crippen molar-refractivity contribution in [1.82, 2.24) is 0 Å². The van der Waals surface area contributed by atoms with Gasteiger partial charge in [-0.3, -0.25) is 0 Å². The smallest absolute Gasteiger partial charge is 0.335 e. The van der Waals surface area contributed by atoms with Crippen LogP contribution in [0.5, 0.6) is 0 Å². The molecular formula is C12H22O4. The Bertz CT molecular complexity index is 213. The Morgan fingerprint density at radius 3 is 2.69 bits per heavy atom. The number of carbonyl (C=O) groups excluding carboxylic acids is 1. The average molecular weight is 230 g/mol. The lowest BCUT2D eigenvalue weighted by Crippen LogP contribution is -2.18. The summed E-state index contributed by atoms with van der Waals surface area (Å²) in [6.45, 7) is 8.63. The number of rotatable bonds is 9. The van der Waals surface area contributed by atoms with E-state index in [9.17, 15) is 4.79 Å². The second kappa shape index (κ2) is 9.36. The van der Waals surface area contributed by atoms with Gasteiger partial charge in [0.05, 0.1) is 31.5 Å². The third-order valence-electron chi connectivity index (χ3n) is 2.05. The van der Waals surface area contributed by atoms with E-state index >= 15 is 0 Å².